The Labute approximate surface area is 165 Å². The standard InChI is InChI=1S/C20H21F4N3O2/c1-11-7-8-13(19(27-28)25-10-12-5-3-2-4-6-12)20(26-11)29-18-16(23)14(21)9-15(22)17(18)24/h7-9,12,28H,2-6,10H2,1H3,(H,25,27). The van der Waals surface area contributed by atoms with Gasteiger partial charge in [-0.15, -0.1) is 0 Å². The van der Waals surface area contributed by atoms with E-state index in [2.05, 4.69) is 9.98 Å². The Morgan fingerprint density at radius 2 is 1.79 bits per heavy atom. The topological polar surface area (TPSA) is 66.7 Å². The molecule has 2 N–H and O–H groups in total. The van der Waals surface area contributed by atoms with Crippen molar-refractivity contribution in [3.05, 3.63) is 52.7 Å². The first-order valence-corrected chi connectivity index (χ1v) is 9.34. The molecule has 1 aliphatic rings. The second-order valence-corrected chi connectivity index (χ2v) is 7.01. The first-order chi connectivity index (χ1) is 13.9. The average molecular weight is 411 g/mol. The fourth-order valence-electron chi connectivity index (χ4n) is 3.30. The molecule has 5 nitrogen and oxygen atoms in total. The van der Waals surface area contributed by atoms with E-state index in [1.165, 1.54) is 12.5 Å². The maximum absolute atomic E-state index is 14.0. The lowest BCUT2D eigenvalue weighted by Crippen LogP contribution is -2.23. The number of nitrogens with zero attached hydrogens (tertiary/aromatic N) is 2. The summed E-state index contributed by atoms with van der Waals surface area (Å²) in [5.74, 6) is -7.83. The van der Waals surface area contributed by atoms with Crippen LogP contribution in [0.25, 0.3) is 0 Å². The molecule has 0 aliphatic heterocycles. The van der Waals surface area contributed by atoms with Gasteiger partial charge in [-0.05, 0) is 37.8 Å². The molecule has 1 fully saturated rings. The summed E-state index contributed by atoms with van der Waals surface area (Å²) < 4.78 is 60.1. The molecular weight excluding hydrogens is 390 g/mol. The third-order valence-corrected chi connectivity index (χ3v) is 4.86. The van der Waals surface area contributed by atoms with Gasteiger partial charge in [0.25, 0.3) is 0 Å². The fraction of sp³-hybridized carbons (Fsp3) is 0.400. The SMILES string of the molecule is Cc1ccc(C(=NCC2CCCCC2)NO)c(Oc2c(F)c(F)cc(F)c2F)n1. The van der Waals surface area contributed by atoms with E-state index in [-0.39, 0.29) is 23.3 Å². The van der Waals surface area contributed by atoms with Crippen LogP contribution >= 0.6 is 0 Å². The predicted octanol–water partition coefficient (Wildman–Crippen LogP) is 5.04. The molecule has 29 heavy (non-hydrogen) atoms. The zero-order valence-electron chi connectivity index (χ0n) is 15.8. The molecule has 0 bridgehead atoms. The summed E-state index contributed by atoms with van der Waals surface area (Å²) >= 11 is 0. The van der Waals surface area contributed by atoms with Gasteiger partial charge in [0.05, 0.1) is 5.56 Å². The highest BCUT2D eigenvalue weighted by Crippen LogP contribution is 2.32. The lowest BCUT2D eigenvalue weighted by molar-refractivity contribution is 0.233. The molecule has 1 aliphatic carbocycles. The van der Waals surface area contributed by atoms with Crippen LogP contribution in [0.1, 0.15) is 43.4 Å². The van der Waals surface area contributed by atoms with Gasteiger partial charge in [-0.25, -0.2) is 13.8 Å². The normalized spacial score (nSPS) is 15.4. The van der Waals surface area contributed by atoms with E-state index in [4.69, 9.17) is 4.74 Å². The van der Waals surface area contributed by atoms with E-state index < -0.39 is 29.0 Å². The molecule has 0 amide bonds. The number of amidine groups is 1. The summed E-state index contributed by atoms with van der Waals surface area (Å²) in [4.78, 5) is 8.39. The van der Waals surface area contributed by atoms with Crippen molar-refractivity contribution in [3.8, 4) is 11.6 Å². The van der Waals surface area contributed by atoms with Gasteiger partial charge in [-0.1, -0.05) is 19.3 Å². The molecule has 0 radical (unpaired) electrons. The second-order valence-electron chi connectivity index (χ2n) is 7.01. The molecular formula is C20H21F4N3O2. The van der Waals surface area contributed by atoms with Crippen LogP contribution in [0.3, 0.4) is 0 Å². The number of halogens is 4. The van der Waals surface area contributed by atoms with Crippen molar-refractivity contribution >= 4 is 5.84 Å². The molecule has 1 heterocycles. The molecule has 156 valence electrons. The van der Waals surface area contributed by atoms with Crippen molar-refractivity contribution < 1.29 is 27.5 Å². The number of ether oxygens (including phenoxy) is 1. The van der Waals surface area contributed by atoms with Crippen molar-refractivity contribution in [2.45, 2.75) is 39.0 Å². The summed E-state index contributed by atoms with van der Waals surface area (Å²) in [6.07, 6.45) is 5.47. The summed E-state index contributed by atoms with van der Waals surface area (Å²) in [6, 6.07) is 3.15. The number of nitrogens with one attached hydrogen (secondary N) is 1. The molecule has 3 rings (SSSR count). The zero-order valence-corrected chi connectivity index (χ0v) is 15.8. The van der Waals surface area contributed by atoms with Gasteiger partial charge in [0.2, 0.25) is 23.3 Å². The van der Waals surface area contributed by atoms with Gasteiger partial charge >= 0.3 is 0 Å². The van der Waals surface area contributed by atoms with E-state index >= 15 is 0 Å². The van der Waals surface area contributed by atoms with E-state index in [0.29, 0.717) is 18.2 Å². The molecule has 0 saturated heterocycles. The molecule has 2 aromatic rings. The Morgan fingerprint density at radius 3 is 2.41 bits per heavy atom. The Kier molecular flexibility index (Phi) is 6.68. The second kappa shape index (κ2) is 9.21. The van der Waals surface area contributed by atoms with Crippen LogP contribution in [0.5, 0.6) is 11.6 Å². The maximum atomic E-state index is 14.0. The Morgan fingerprint density at radius 1 is 1.14 bits per heavy atom. The number of aryl methyl sites for hydroxylation is 1. The molecule has 0 atom stereocenters. The van der Waals surface area contributed by atoms with Gasteiger partial charge < -0.3 is 4.74 Å². The fourth-order valence-corrected chi connectivity index (χ4v) is 3.30. The van der Waals surface area contributed by atoms with Crippen LogP contribution < -0.4 is 10.2 Å². The average Bonchev–Trinajstić information content (AvgIpc) is 2.72. The highest BCUT2D eigenvalue weighted by Gasteiger charge is 2.24. The van der Waals surface area contributed by atoms with Gasteiger partial charge in [0.1, 0.15) is 0 Å². The highest BCUT2D eigenvalue weighted by atomic mass is 19.2. The lowest BCUT2D eigenvalue weighted by atomic mass is 9.89. The molecule has 9 heteroatoms. The number of aromatic nitrogens is 1. The monoisotopic (exact) mass is 411 g/mol. The number of hydrogen-bond donors (Lipinski definition) is 2. The third-order valence-electron chi connectivity index (χ3n) is 4.86. The molecule has 0 unspecified atom stereocenters. The lowest BCUT2D eigenvalue weighted by Gasteiger charge is -2.20. The predicted molar refractivity (Wildman–Crippen MR) is 98.2 cm³/mol. The Balaban J connectivity index is 1.95. The number of benzene rings is 1. The van der Waals surface area contributed by atoms with Crippen LogP contribution in [0, 0.1) is 36.1 Å². The van der Waals surface area contributed by atoms with Crippen LogP contribution in [0.15, 0.2) is 23.2 Å². The highest BCUT2D eigenvalue weighted by molar-refractivity contribution is 6.00. The van der Waals surface area contributed by atoms with Gasteiger partial charge in [0, 0.05) is 18.3 Å². The maximum Gasteiger partial charge on any atom is 0.230 e. The van der Waals surface area contributed by atoms with E-state index in [1.54, 1.807) is 13.0 Å². The van der Waals surface area contributed by atoms with E-state index in [9.17, 15) is 22.8 Å². The summed E-state index contributed by atoms with van der Waals surface area (Å²) in [5.41, 5.74) is 2.47. The molecule has 1 saturated carbocycles. The van der Waals surface area contributed by atoms with Gasteiger partial charge in [-0.2, -0.15) is 8.78 Å². The first-order valence-electron chi connectivity index (χ1n) is 9.34. The van der Waals surface area contributed by atoms with Crippen LogP contribution in [-0.4, -0.2) is 22.6 Å². The van der Waals surface area contributed by atoms with E-state index in [1.807, 2.05) is 5.48 Å². The summed E-state index contributed by atoms with van der Waals surface area (Å²) in [7, 11) is 0. The number of aliphatic imine (C=N–C) groups is 1. The quantitative estimate of drug-likeness (QED) is 0.238. The number of hydrogen-bond acceptors (Lipinski definition) is 4. The van der Waals surface area contributed by atoms with Crippen molar-refractivity contribution in [1.82, 2.24) is 10.5 Å². The van der Waals surface area contributed by atoms with Crippen molar-refractivity contribution in [3.63, 3.8) is 0 Å². The van der Waals surface area contributed by atoms with Gasteiger partial charge in [0.15, 0.2) is 17.5 Å². The van der Waals surface area contributed by atoms with E-state index in [0.717, 1.165) is 25.7 Å². The smallest absolute Gasteiger partial charge is 0.230 e. The number of rotatable bonds is 5. The minimum Gasteiger partial charge on any atom is -0.432 e. The third kappa shape index (κ3) is 4.84. The molecule has 0 spiro atoms. The summed E-state index contributed by atoms with van der Waals surface area (Å²) in [5, 5.41) is 9.53. The van der Waals surface area contributed by atoms with Crippen molar-refractivity contribution in [1.29, 1.82) is 0 Å². The van der Waals surface area contributed by atoms with Crippen molar-refractivity contribution in [2.75, 3.05) is 6.54 Å². The van der Waals surface area contributed by atoms with Crippen LogP contribution in [0.4, 0.5) is 17.6 Å². The summed E-state index contributed by atoms with van der Waals surface area (Å²) in [6.45, 7) is 2.04. The minimum atomic E-state index is -1.68. The van der Waals surface area contributed by atoms with Crippen LogP contribution in [-0.2, 0) is 0 Å². The zero-order chi connectivity index (χ0) is 21.0. The number of hydroxylamine groups is 1. The number of pyridine rings is 1. The van der Waals surface area contributed by atoms with Crippen molar-refractivity contribution in [2.24, 2.45) is 10.9 Å². The Hall–Kier alpha value is -2.68. The largest absolute Gasteiger partial charge is 0.432 e. The van der Waals surface area contributed by atoms with Crippen LogP contribution in [0.2, 0.25) is 0 Å². The first kappa shape index (κ1) is 21.0. The molecule has 1 aromatic heterocycles. The molecule has 1 aromatic carbocycles. The Bertz CT molecular complexity index is 889. The minimum absolute atomic E-state index is 0.0178. The van der Waals surface area contributed by atoms with Gasteiger partial charge in [-0.3, -0.25) is 15.7 Å².